The van der Waals surface area contributed by atoms with Gasteiger partial charge in [-0.3, -0.25) is 10.1 Å². The van der Waals surface area contributed by atoms with Crippen molar-refractivity contribution in [1.29, 1.82) is 0 Å². The van der Waals surface area contributed by atoms with Gasteiger partial charge in [0, 0.05) is 28.7 Å². The van der Waals surface area contributed by atoms with Crippen LogP contribution >= 0.6 is 0 Å². The van der Waals surface area contributed by atoms with E-state index in [4.69, 9.17) is 0 Å². The van der Waals surface area contributed by atoms with E-state index >= 15 is 0 Å². The van der Waals surface area contributed by atoms with Gasteiger partial charge in [-0.15, -0.1) is 0 Å². The number of nitrogens with one attached hydrogen (secondary N) is 3. The molecule has 3 heterocycles. The predicted molar refractivity (Wildman–Crippen MR) is 95.3 cm³/mol. The largest absolute Gasteiger partial charge is 0.356 e. The fourth-order valence-corrected chi connectivity index (χ4v) is 4.26. The Kier molecular flexibility index (Phi) is 2.76. The van der Waals surface area contributed by atoms with Gasteiger partial charge < -0.3 is 10.3 Å². The number of halogens is 1. The number of aromatic amines is 1. The molecule has 0 saturated heterocycles. The topological polar surface area (TPSA) is 56.9 Å². The van der Waals surface area contributed by atoms with Crippen LogP contribution in [-0.2, 0) is 16.8 Å². The number of rotatable bonds is 0. The third-order valence-corrected chi connectivity index (χ3v) is 5.49. The summed E-state index contributed by atoms with van der Waals surface area (Å²) in [6.45, 7) is 4.43. The molecule has 4 nitrogen and oxygen atoms in total. The standard InChI is InChI=1S/C20H18FN3O/c1-10-3-4-16-14(7-10)20(19(25)24-16)18-12(5-6-22-20)13-9-15(21)11(2)8-17(13)23-18/h3-4,7-9,22-23H,5-6H2,1-2H3,(H,24,25)/t20-/m1/s1. The number of hydrogen-bond donors (Lipinski definition) is 3. The summed E-state index contributed by atoms with van der Waals surface area (Å²) in [7, 11) is 0. The van der Waals surface area contributed by atoms with Gasteiger partial charge >= 0.3 is 0 Å². The lowest BCUT2D eigenvalue weighted by Gasteiger charge is -2.33. The molecule has 0 radical (unpaired) electrons. The third kappa shape index (κ3) is 1.76. The Labute approximate surface area is 144 Å². The molecule has 5 heteroatoms. The van der Waals surface area contributed by atoms with E-state index in [1.807, 2.05) is 31.2 Å². The minimum absolute atomic E-state index is 0.0854. The minimum atomic E-state index is -0.932. The van der Waals surface area contributed by atoms with Gasteiger partial charge in [-0.2, -0.15) is 0 Å². The first-order valence-corrected chi connectivity index (χ1v) is 8.49. The second-order valence-corrected chi connectivity index (χ2v) is 7.06. The zero-order chi connectivity index (χ0) is 17.3. The molecule has 1 spiro atoms. The Balaban J connectivity index is 1.85. The smallest absolute Gasteiger partial charge is 0.255 e. The van der Waals surface area contributed by atoms with E-state index < -0.39 is 5.54 Å². The van der Waals surface area contributed by atoms with Gasteiger partial charge in [-0.05, 0) is 49.6 Å². The molecule has 1 aromatic heterocycles. The zero-order valence-electron chi connectivity index (χ0n) is 14.1. The molecule has 1 atom stereocenters. The van der Waals surface area contributed by atoms with Crippen LogP contribution in [0.5, 0.6) is 0 Å². The first kappa shape index (κ1) is 14.7. The van der Waals surface area contributed by atoms with Gasteiger partial charge in [-0.1, -0.05) is 17.7 Å². The SMILES string of the molecule is Cc1ccc2c(c1)[C@]1(NCCc3c1[nH]c1cc(C)c(F)cc31)C(=O)N2. The highest BCUT2D eigenvalue weighted by molar-refractivity contribution is 6.09. The lowest BCUT2D eigenvalue weighted by Crippen LogP contribution is -2.53. The normalized spacial score (nSPS) is 21.5. The summed E-state index contributed by atoms with van der Waals surface area (Å²) >= 11 is 0. The van der Waals surface area contributed by atoms with Gasteiger partial charge in [0.2, 0.25) is 0 Å². The van der Waals surface area contributed by atoms with E-state index in [1.54, 1.807) is 13.0 Å². The maximum absolute atomic E-state index is 14.1. The van der Waals surface area contributed by atoms with Crippen LogP contribution < -0.4 is 10.6 Å². The highest BCUT2D eigenvalue weighted by atomic mass is 19.1. The maximum atomic E-state index is 14.1. The highest BCUT2D eigenvalue weighted by Crippen LogP contribution is 2.45. The second kappa shape index (κ2) is 4.70. The van der Waals surface area contributed by atoms with Gasteiger partial charge in [0.05, 0.1) is 5.69 Å². The number of carbonyl (C=O) groups is 1. The molecule has 2 aromatic carbocycles. The van der Waals surface area contributed by atoms with Crippen molar-refractivity contribution in [2.75, 3.05) is 11.9 Å². The van der Waals surface area contributed by atoms with Gasteiger partial charge in [0.15, 0.2) is 5.54 Å². The number of carbonyl (C=O) groups excluding carboxylic acids is 1. The number of aromatic nitrogens is 1. The molecule has 25 heavy (non-hydrogen) atoms. The summed E-state index contributed by atoms with van der Waals surface area (Å²) in [5.41, 5.74) is 5.26. The summed E-state index contributed by atoms with van der Waals surface area (Å²) in [6.07, 6.45) is 0.758. The van der Waals surface area contributed by atoms with Crippen molar-refractivity contribution >= 4 is 22.5 Å². The van der Waals surface area contributed by atoms with Crippen molar-refractivity contribution in [1.82, 2.24) is 10.3 Å². The molecule has 3 aromatic rings. The molecule has 0 unspecified atom stereocenters. The van der Waals surface area contributed by atoms with Crippen LogP contribution in [0.1, 0.15) is 27.9 Å². The average Bonchev–Trinajstić information content (AvgIpc) is 3.06. The summed E-state index contributed by atoms with van der Waals surface area (Å²) < 4.78 is 14.1. The van der Waals surface area contributed by atoms with E-state index in [0.29, 0.717) is 12.1 Å². The lowest BCUT2D eigenvalue weighted by molar-refractivity contribution is -0.120. The Morgan fingerprint density at radius 2 is 2.00 bits per heavy atom. The molecule has 126 valence electrons. The van der Waals surface area contributed by atoms with Gasteiger partial charge in [0.1, 0.15) is 5.82 Å². The average molecular weight is 335 g/mol. The molecule has 2 aliphatic heterocycles. The lowest BCUT2D eigenvalue weighted by atomic mass is 9.81. The number of amides is 1. The van der Waals surface area contributed by atoms with Crippen LogP contribution in [0.4, 0.5) is 10.1 Å². The molecule has 0 bridgehead atoms. The van der Waals surface area contributed by atoms with E-state index in [9.17, 15) is 9.18 Å². The van der Waals surface area contributed by atoms with Crippen molar-refractivity contribution in [2.24, 2.45) is 0 Å². The van der Waals surface area contributed by atoms with Crippen LogP contribution in [0.2, 0.25) is 0 Å². The predicted octanol–water partition coefficient (Wildman–Crippen LogP) is 3.27. The van der Waals surface area contributed by atoms with Crippen LogP contribution in [0.25, 0.3) is 10.9 Å². The number of benzene rings is 2. The van der Waals surface area contributed by atoms with Crippen LogP contribution in [0.3, 0.4) is 0 Å². The molecule has 5 rings (SSSR count). The van der Waals surface area contributed by atoms with Crippen LogP contribution in [-0.4, -0.2) is 17.4 Å². The molecular formula is C20H18FN3O. The Morgan fingerprint density at radius 3 is 2.84 bits per heavy atom. The highest BCUT2D eigenvalue weighted by Gasteiger charge is 2.52. The monoisotopic (exact) mass is 335 g/mol. The summed E-state index contributed by atoms with van der Waals surface area (Å²) in [6, 6.07) is 9.39. The number of anilines is 1. The Hall–Kier alpha value is -2.66. The summed E-state index contributed by atoms with van der Waals surface area (Å²) in [5.74, 6) is -0.299. The quantitative estimate of drug-likeness (QED) is 0.591. The van der Waals surface area contributed by atoms with Crippen molar-refractivity contribution in [3.8, 4) is 0 Å². The first-order valence-electron chi connectivity index (χ1n) is 8.49. The summed E-state index contributed by atoms with van der Waals surface area (Å²) in [5, 5.41) is 7.30. The van der Waals surface area contributed by atoms with E-state index in [1.165, 1.54) is 0 Å². The van der Waals surface area contributed by atoms with E-state index in [0.717, 1.165) is 45.4 Å². The number of fused-ring (bicyclic) bond motifs is 6. The number of H-pyrrole nitrogens is 1. The van der Waals surface area contributed by atoms with E-state index in [-0.39, 0.29) is 11.7 Å². The van der Waals surface area contributed by atoms with Crippen molar-refractivity contribution < 1.29 is 9.18 Å². The second-order valence-electron chi connectivity index (χ2n) is 7.06. The van der Waals surface area contributed by atoms with Crippen molar-refractivity contribution in [3.63, 3.8) is 0 Å². The Morgan fingerprint density at radius 1 is 1.16 bits per heavy atom. The number of aryl methyl sites for hydroxylation is 2. The third-order valence-electron chi connectivity index (χ3n) is 5.49. The fourth-order valence-electron chi connectivity index (χ4n) is 4.26. The maximum Gasteiger partial charge on any atom is 0.255 e. The van der Waals surface area contributed by atoms with Gasteiger partial charge in [0.25, 0.3) is 5.91 Å². The van der Waals surface area contributed by atoms with E-state index in [2.05, 4.69) is 15.6 Å². The number of hydrogen-bond acceptors (Lipinski definition) is 2. The fraction of sp³-hybridized carbons (Fsp3) is 0.250. The molecule has 2 aliphatic rings. The van der Waals surface area contributed by atoms with Crippen LogP contribution in [0.15, 0.2) is 30.3 Å². The first-order chi connectivity index (χ1) is 12.0. The molecule has 3 N–H and O–H groups in total. The van der Waals surface area contributed by atoms with Crippen molar-refractivity contribution in [2.45, 2.75) is 25.8 Å². The molecule has 1 amide bonds. The molecule has 0 fully saturated rings. The minimum Gasteiger partial charge on any atom is -0.356 e. The molecule has 0 saturated carbocycles. The molecular weight excluding hydrogens is 317 g/mol. The van der Waals surface area contributed by atoms with Gasteiger partial charge in [-0.25, -0.2) is 4.39 Å². The Bertz CT molecular complexity index is 1070. The van der Waals surface area contributed by atoms with Crippen LogP contribution in [0, 0.1) is 19.7 Å². The summed E-state index contributed by atoms with van der Waals surface area (Å²) in [4.78, 5) is 16.4. The zero-order valence-corrected chi connectivity index (χ0v) is 14.1. The van der Waals surface area contributed by atoms with Crippen molar-refractivity contribution in [3.05, 3.63) is 64.1 Å². The molecule has 0 aliphatic carbocycles.